The summed E-state index contributed by atoms with van der Waals surface area (Å²) in [5.74, 6) is -1.35. The molecule has 5 rings (SSSR count). The highest BCUT2D eigenvalue weighted by Gasteiger charge is 2.44. The van der Waals surface area contributed by atoms with Gasteiger partial charge in [-0.15, -0.1) is 0 Å². The van der Waals surface area contributed by atoms with E-state index in [-0.39, 0.29) is 17.4 Å². The highest BCUT2D eigenvalue weighted by molar-refractivity contribution is 5.77. The first kappa shape index (κ1) is 25.9. The van der Waals surface area contributed by atoms with E-state index in [9.17, 15) is 18.0 Å². The molecular formula is C26H30F3N3O4. The molecule has 10 heteroatoms. The minimum atomic E-state index is -5.08. The summed E-state index contributed by atoms with van der Waals surface area (Å²) in [6, 6.07) is 12.9. The molecule has 0 radical (unpaired) electrons. The number of nitrogens with one attached hydrogen (secondary N) is 1. The van der Waals surface area contributed by atoms with Gasteiger partial charge in [-0.2, -0.15) is 13.2 Å². The summed E-state index contributed by atoms with van der Waals surface area (Å²) in [7, 11) is 0. The number of ether oxygens (including phenoxy) is 1. The summed E-state index contributed by atoms with van der Waals surface area (Å²) in [6.07, 6.45) is 4.46. The largest absolute Gasteiger partial charge is 0.490 e. The van der Waals surface area contributed by atoms with Crippen LogP contribution < -0.4 is 10.1 Å². The lowest BCUT2D eigenvalue weighted by Gasteiger charge is -2.47. The van der Waals surface area contributed by atoms with Crippen LogP contribution in [-0.4, -0.2) is 57.8 Å². The number of fused-ring (bicyclic) bond motifs is 1. The quantitative estimate of drug-likeness (QED) is 0.630. The van der Waals surface area contributed by atoms with E-state index in [4.69, 9.17) is 14.6 Å². The van der Waals surface area contributed by atoms with E-state index in [1.165, 1.54) is 11.1 Å². The van der Waals surface area contributed by atoms with E-state index >= 15 is 0 Å². The minimum absolute atomic E-state index is 0.148. The van der Waals surface area contributed by atoms with Gasteiger partial charge in [0.2, 0.25) is 5.91 Å². The molecule has 1 aromatic heterocycles. The number of nitrogens with zero attached hydrogens (tertiary/aromatic N) is 2. The van der Waals surface area contributed by atoms with E-state index in [0.29, 0.717) is 12.5 Å². The molecule has 1 saturated heterocycles. The smallest absolute Gasteiger partial charge is 0.487 e. The molecule has 36 heavy (non-hydrogen) atoms. The van der Waals surface area contributed by atoms with E-state index in [0.717, 1.165) is 57.5 Å². The maximum absolute atomic E-state index is 12.5. The fourth-order valence-corrected chi connectivity index (χ4v) is 4.84. The van der Waals surface area contributed by atoms with Crippen molar-refractivity contribution in [2.75, 3.05) is 13.1 Å². The Balaban J connectivity index is 0.000000384. The lowest BCUT2D eigenvalue weighted by atomic mass is 9.76. The number of aliphatic carboxylic acids is 1. The number of hydrogen-bond acceptors (Lipinski definition) is 5. The van der Waals surface area contributed by atoms with Crippen molar-refractivity contribution in [1.82, 2.24) is 15.2 Å². The van der Waals surface area contributed by atoms with Crippen LogP contribution >= 0.6 is 0 Å². The number of amides is 1. The van der Waals surface area contributed by atoms with Crippen molar-refractivity contribution in [3.8, 4) is 5.75 Å². The molecule has 1 spiro atoms. The van der Waals surface area contributed by atoms with Crippen molar-refractivity contribution in [1.29, 1.82) is 0 Å². The highest BCUT2D eigenvalue weighted by Crippen LogP contribution is 2.46. The standard InChI is InChI=1S/C24H29N3O2.C2HF3O2/c28-23(26-20-7-8-20)14-19-15-24(29-22-6-2-1-5-21(19)22)9-12-27(13-10-24)17-18-4-3-11-25-16-18;3-2(4,5)1(6)7/h1-6,11,16,19-20H,7-10,12-15,17H2,(H,26,28);(H,6,7). The molecule has 1 atom stereocenters. The van der Waals surface area contributed by atoms with Gasteiger partial charge in [0.15, 0.2) is 0 Å². The second-order valence-corrected chi connectivity index (χ2v) is 9.71. The third-order valence-electron chi connectivity index (χ3n) is 6.82. The third kappa shape index (κ3) is 6.96. The normalized spacial score (nSPS) is 20.9. The molecule has 2 fully saturated rings. The number of rotatable bonds is 5. The summed E-state index contributed by atoms with van der Waals surface area (Å²) >= 11 is 0. The maximum atomic E-state index is 12.5. The summed E-state index contributed by atoms with van der Waals surface area (Å²) < 4.78 is 38.3. The van der Waals surface area contributed by atoms with Gasteiger partial charge in [-0.25, -0.2) is 4.79 Å². The van der Waals surface area contributed by atoms with E-state index in [1.54, 1.807) is 0 Å². The highest BCUT2D eigenvalue weighted by atomic mass is 19.4. The SMILES string of the molecule is O=C(CC1CC2(CCN(Cc3cccnc3)CC2)Oc2ccccc21)NC1CC1.O=C(O)C(F)(F)F. The summed E-state index contributed by atoms with van der Waals surface area (Å²) in [4.78, 5) is 28.1. The minimum Gasteiger partial charge on any atom is -0.487 e. The molecule has 3 aliphatic rings. The van der Waals surface area contributed by atoms with E-state index in [2.05, 4.69) is 39.5 Å². The molecule has 7 nitrogen and oxygen atoms in total. The maximum Gasteiger partial charge on any atom is 0.490 e. The average Bonchev–Trinajstić information content (AvgIpc) is 3.65. The van der Waals surface area contributed by atoms with Crippen molar-refractivity contribution in [2.24, 2.45) is 0 Å². The number of halogens is 3. The lowest BCUT2D eigenvalue weighted by molar-refractivity contribution is -0.192. The van der Waals surface area contributed by atoms with Crippen LogP contribution in [0.3, 0.4) is 0 Å². The first-order chi connectivity index (χ1) is 17.1. The Morgan fingerprint density at radius 3 is 2.44 bits per heavy atom. The first-order valence-electron chi connectivity index (χ1n) is 12.1. The Hall–Kier alpha value is -3.14. The number of carbonyl (C=O) groups excluding carboxylic acids is 1. The molecule has 1 aliphatic carbocycles. The van der Waals surface area contributed by atoms with Gasteiger partial charge >= 0.3 is 12.1 Å². The number of piperidine rings is 1. The second-order valence-electron chi connectivity index (χ2n) is 9.71. The van der Waals surface area contributed by atoms with Crippen LogP contribution in [0, 0.1) is 0 Å². The fourth-order valence-electron chi connectivity index (χ4n) is 4.84. The van der Waals surface area contributed by atoms with Crippen LogP contribution in [0.25, 0.3) is 0 Å². The Labute approximate surface area is 207 Å². The van der Waals surface area contributed by atoms with Crippen molar-refractivity contribution in [2.45, 2.75) is 68.8 Å². The van der Waals surface area contributed by atoms with Crippen molar-refractivity contribution < 1.29 is 32.6 Å². The van der Waals surface area contributed by atoms with Gasteiger partial charge in [0.1, 0.15) is 11.4 Å². The Morgan fingerprint density at radius 2 is 1.83 bits per heavy atom. The van der Waals surface area contributed by atoms with Gasteiger partial charge < -0.3 is 15.2 Å². The van der Waals surface area contributed by atoms with Crippen LogP contribution in [0.15, 0.2) is 48.8 Å². The van der Waals surface area contributed by atoms with Crippen LogP contribution in [0.1, 0.15) is 55.6 Å². The summed E-state index contributed by atoms with van der Waals surface area (Å²) in [6.45, 7) is 2.96. The predicted octanol–water partition coefficient (Wildman–Crippen LogP) is 4.28. The molecule has 3 heterocycles. The van der Waals surface area contributed by atoms with Crippen LogP contribution in [-0.2, 0) is 16.1 Å². The molecule has 1 amide bonds. The number of para-hydroxylation sites is 1. The molecule has 0 bridgehead atoms. The second kappa shape index (κ2) is 10.9. The summed E-state index contributed by atoms with van der Waals surface area (Å²) in [5.41, 5.74) is 2.31. The molecule has 2 aromatic rings. The third-order valence-corrected chi connectivity index (χ3v) is 6.82. The molecule has 1 aromatic carbocycles. The van der Waals surface area contributed by atoms with Crippen LogP contribution in [0.4, 0.5) is 13.2 Å². The predicted molar refractivity (Wildman–Crippen MR) is 125 cm³/mol. The monoisotopic (exact) mass is 505 g/mol. The number of hydrogen-bond donors (Lipinski definition) is 2. The average molecular weight is 506 g/mol. The first-order valence-corrected chi connectivity index (χ1v) is 12.1. The van der Waals surface area contributed by atoms with Gasteiger partial charge in [0.05, 0.1) is 0 Å². The molecule has 1 unspecified atom stereocenters. The van der Waals surface area contributed by atoms with Gasteiger partial charge in [-0.3, -0.25) is 14.7 Å². The Bertz CT molecular complexity index is 1050. The molecule has 194 valence electrons. The number of likely N-dealkylation sites (tertiary alicyclic amines) is 1. The summed E-state index contributed by atoms with van der Waals surface area (Å²) in [5, 5.41) is 10.3. The zero-order valence-electron chi connectivity index (χ0n) is 19.8. The molecular weight excluding hydrogens is 475 g/mol. The van der Waals surface area contributed by atoms with Crippen molar-refractivity contribution in [3.05, 3.63) is 59.9 Å². The lowest BCUT2D eigenvalue weighted by Crippen LogP contribution is -2.50. The number of carbonyl (C=O) groups is 2. The molecule has 2 N–H and O–H groups in total. The zero-order valence-corrected chi connectivity index (χ0v) is 19.8. The van der Waals surface area contributed by atoms with Crippen LogP contribution in [0.5, 0.6) is 5.75 Å². The van der Waals surface area contributed by atoms with E-state index < -0.39 is 12.1 Å². The van der Waals surface area contributed by atoms with Crippen molar-refractivity contribution in [3.63, 3.8) is 0 Å². The number of benzene rings is 1. The number of aromatic nitrogens is 1. The van der Waals surface area contributed by atoms with Crippen LogP contribution in [0.2, 0.25) is 0 Å². The molecule has 1 saturated carbocycles. The Morgan fingerprint density at radius 1 is 1.14 bits per heavy atom. The number of carboxylic acids is 1. The zero-order chi connectivity index (χ0) is 25.8. The van der Waals surface area contributed by atoms with Gasteiger partial charge in [0.25, 0.3) is 0 Å². The van der Waals surface area contributed by atoms with Gasteiger partial charge in [-0.05, 0) is 55.4 Å². The number of carboxylic acid groups (broad SMARTS) is 1. The molecule has 2 aliphatic heterocycles. The van der Waals surface area contributed by atoms with Gasteiger partial charge in [-0.1, -0.05) is 24.3 Å². The Kier molecular flexibility index (Phi) is 7.82. The van der Waals surface area contributed by atoms with Crippen molar-refractivity contribution >= 4 is 11.9 Å². The van der Waals surface area contributed by atoms with E-state index in [1.807, 2.05) is 24.5 Å². The topological polar surface area (TPSA) is 91.8 Å². The fraction of sp³-hybridized carbons (Fsp3) is 0.500. The number of alkyl halides is 3. The van der Waals surface area contributed by atoms with Gasteiger partial charge in [0, 0.05) is 50.4 Å². The number of pyridine rings is 1.